The lowest BCUT2D eigenvalue weighted by molar-refractivity contribution is -0.0537. The van der Waals surface area contributed by atoms with Crippen LogP contribution in [0.4, 0.5) is 0 Å². The van der Waals surface area contributed by atoms with Gasteiger partial charge >= 0.3 is 0 Å². The average Bonchev–Trinajstić information content (AvgIpc) is 2.52. The van der Waals surface area contributed by atoms with E-state index in [0.29, 0.717) is 17.1 Å². The highest BCUT2D eigenvalue weighted by Gasteiger charge is 2.50. The molecule has 23 heavy (non-hydrogen) atoms. The fourth-order valence-corrected chi connectivity index (χ4v) is 5.97. The zero-order valence-electron chi connectivity index (χ0n) is 14.2. The normalized spacial score (nSPS) is 39.1. The van der Waals surface area contributed by atoms with E-state index < -0.39 is 0 Å². The molecule has 0 radical (unpaired) electrons. The van der Waals surface area contributed by atoms with E-state index in [0.717, 1.165) is 31.1 Å². The fraction of sp³-hybridized carbons (Fsp3) is 0.700. The van der Waals surface area contributed by atoms with E-state index in [9.17, 15) is 10.2 Å². The first-order chi connectivity index (χ1) is 11.0. The van der Waals surface area contributed by atoms with Gasteiger partial charge in [-0.15, -0.1) is 0 Å². The average molecular weight is 316 g/mol. The molecule has 0 heterocycles. The third kappa shape index (κ3) is 2.36. The number of methoxy groups -OCH3 is 1. The second-order valence-corrected chi connectivity index (χ2v) is 8.27. The summed E-state index contributed by atoms with van der Waals surface area (Å²) in [6.07, 6.45) is 7.71. The Morgan fingerprint density at radius 3 is 2.78 bits per heavy atom. The van der Waals surface area contributed by atoms with E-state index in [1.54, 1.807) is 7.11 Å². The highest BCUT2D eigenvalue weighted by Crippen LogP contribution is 2.60. The molecule has 1 aromatic carbocycles. The van der Waals surface area contributed by atoms with E-state index in [2.05, 4.69) is 13.0 Å². The summed E-state index contributed by atoms with van der Waals surface area (Å²) >= 11 is 0. The van der Waals surface area contributed by atoms with Crippen LogP contribution in [0.25, 0.3) is 0 Å². The summed E-state index contributed by atoms with van der Waals surface area (Å²) in [7, 11) is 1.63. The number of hydrogen-bond acceptors (Lipinski definition) is 3. The van der Waals surface area contributed by atoms with Crippen LogP contribution in [-0.2, 0) is 6.42 Å². The number of aliphatic hydroxyl groups is 1. The predicted molar refractivity (Wildman–Crippen MR) is 89.9 cm³/mol. The molecule has 5 atom stereocenters. The van der Waals surface area contributed by atoms with Gasteiger partial charge in [0, 0.05) is 0 Å². The van der Waals surface area contributed by atoms with Gasteiger partial charge in [-0.05, 0) is 91.4 Å². The predicted octanol–water partition coefficient (Wildman–Crippen LogP) is 4.01. The number of phenols is 1. The van der Waals surface area contributed by atoms with Crippen molar-refractivity contribution >= 4 is 0 Å². The van der Waals surface area contributed by atoms with Crippen molar-refractivity contribution in [1.82, 2.24) is 0 Å². The minimum atomic E-state index is -0.0966. The van der Waals surface area contributed by atoms with E-state index in [-0.39, 0.29) is 11.9 Å². The van der Waals surface area contributed by atoms with Crippen LogP contribution in [0.2, 0.25) is 0 Å². The molecule has 0 unspecified atom stereocenters. The van der Waals surface area contributed by atoms with Crippen molar-refractivity contribution in [2.45, 2.75) is 63.9 Å². The maximum absolute atomic E-state index is 10.1. The Kier molecular flexibility index (Phi) is 3.60. The number of hydrogen-bond donors (Lipinski definition) is 2. The highest BCUT2D eigenvalue weighted by atomic mass is 16.5. The molecule has 2 saturated carbocycles. The zero-order valence-corrected chi connectivity index (χ0v) is 14.2. The summed E-state index contributed by atoms with van der Waals surface area (Å²) in [5.74, 6) is 2.94. The van der Waals surface area contributed by atoms with Crippen molar-refractivity contribution in [2.24, 2.45) is 17.3 Å². The Bertz CT molecular complexity index is 611. The summed E-state index contributed by atoms with van der Waals surface area (Å²) < 4.78 is 5.35. The molecular formula is C20H28O3. The lowest BCUT2D eigenvalue weighted by atomic mass is 9.50. The van der Waals surface area contributed by atoms with Gasteiger partial charge in [0.2, 0.25) is 0 Å². The van der Waals surface area contributed by atoms with E-state index in [1.165, 1.54) is 36.8 Å². The minimum Gasteiger partial charge on any atom is -0.504 e. The van der Waals surface area contributed by atoms with Gasteiger partial charge in [0.25, 0.3) is 0 Å². The van der Waals surface area contributed by atoms with Crippen molar-refractivity contribution < 1.29 is 14.9 Å². The van der Waals surface area contributed by atoms with Crippen LogP contribution in [0.15, 0.2) is 12.1 Å². The molecule has 4 rings (SSSR count). The second kappa shape index (κ2) is 5.41. The number of rotatable bonds is 1. The molecule has 3 aliphatic rings. The summed E-state index contributed by atoms with van der Waals surface area (Å²) in [4.78, 5) is 0. The third-order valence-electron chi connectivity index (χ3n) is 7.06. The molecule has 3 heteroatoms. The van der Waals surface area contributed by atoms with Crippen molar-refractivity contribution in [1.29, 1.82) is 0 Å². The van der Waals surface area contributed by atoms with E-state index >= 15 is 0 Å². The lowest BCUT2D eigenvalue weighted by Crippen LogP contribution is -2.47. The van der Waals surface area contributed by atoms with Crippen molar-refractivity contribution in [2.75, 3.05) is 7.11 Å². The van der Waals surface area contributed by atoms with Gasteiger partial charge in [-0.2, -0.15) is 0 Å². The van der Waals surface area contributed by atoms with Gasteiger partial charge in [0.05, 0.1) is 13.2 Å². The Labute approximate surface area is 138 Å². The standard InChI is InChI=1S/C20H28O3/c1-20-8-7-14-15(17(20)6-4-13(21)11-20)5-3-12-9-18(22)19(23-2)10-16(12)14/h9-10,13-15,17,21-22H,3-8,11H2,1-2H3/t13-,14-,15+,17-,20+/m0/s1. The molecule has 3 aliphatic carbocycles. The number of aliphatic hydroxyl groups excluding tert-OH is 1. The number of aromatic hydroxyl groups is 1. The molecule has 0 bridgehead atoms. The van der Waals surface area contributed by atoms with Crippen LogP contribution in [0, 0.1) is 17.3 Å². The summed E-state index contributed by atoms with van der Waals surface area (Å²) in [6.45, 7) is 2.41. The first-order valence-corrected chi connectivity index (χ1v) is 9.09. The SMILES string of the molecule is COc1cc2c(cc1O)CC[C@@H]1[C@@H]2CC[C@]2(C)C[C@@H](O)CC[C@@H]12. The van der Waals surface area contributed by atoms with Gasteiger partial charge < -0.3 is 14.9 Å². The van der Waals surface area contributed by atoms with Crippen molar-refractivity contribution in [3.63, 3.8) is 0 Å². The molecule has 0 aliphatic heterocycles. The molecule has 2 fully saturated rings. The van der Waals surface area contributed by atoms with Crippen LogP contribution >= 0.6 is 0 Å². The number of phenolic OH excluding ortho intramolecular Hbond substituents is 1. The minimum absolute atomic E-state index is 0.0966. The van der Waals surface area contributed by atoms with Gasteiger partial charge in [-0.25, -0.2) is 0 Å². The van der Waals surface area contributed by atoms with Crippen molar-refractivity contribution in [3.8, 4) is 11.5 Å². The first kappa shape index (κ1) is 15.3. The van der Waals surface area contributed by atoms with E-state index in [1.807, 2.05) is 6.07 Å². The quantitative estimate of drug-likeness (QED) is 0.823. The number of aryl methyl sites for hydroxylation is 1. The molecular weight excluding hydrogens is 288 g/mol. The molecule has 126 valence electrons. The van der Waals surface area contributed by atoms with Crippen LogP contribution in [-0.4, -0.2) is 23.4 Å². The second-order valence-electron chi connectivity index (χ2n) is 8.27. The maximum Gasteiger partial charge on any atom is 0.160 e. The maximum atomic E-state index is 10.1. The monoisotopic (exact) mass is 316 g/mol. The fourth-order valence-electron chi connectivity index (χ4n) is 5.97. The Balaban J connectivity index is 1.69. The molecule has 0 amide bonds. The molecule has 2 N–H and O–H groups in total. The molecule has 1 aromatic rings. The Morgan fingerprint density at radius 2 is 2.00 bits per heavy atom. The highest BCUT2D eigenvalue weighted by molar-refractivity contribution is 5.49. The summed E-state index contributed by atoms with van der Waals surface area (Å²) in [6, 6.07) is 4.00. The van der Waals surface area contributed by atoms with Crippen LogP contribution in [0.5, 0.6) is 11.5 Å². The van der Waals surface area contributed by atoms with Crippen molar-refractivity contribution in [3.05, 3.63) is 23.3 Å². The zero-order chi connectivity index (χ0) is 16.2. The Hall–Kier alpha value is -1.22. The van der Waals surface area contributed by atoms with Crippen LogP contribution < -0.4 is 4.74 Å². The smallest absolute Gasteiger partial charge is 0.160 e. The first-order valence-electron chi connectivity index (χ1n) is 9.09. The van der Waals surface area contributed by atoms with E-state index in [4.69, 9.17) is 4.74 Å². The molecule has 0 spiro atoms. The molecule has 0 saturated heterocycles. The topological polar surface area (TPSA) is 49.7 Å². The number of benzene rings is 1. The lowest BCUT2D eigenvalue weighted by Gasteiger charge is -2.55. The van der Waals surface area contributed by atoms with Gasteiger partial charge in [-0.1, -0.05) is 6.92 Å². The number of ether oxygens (including phenoxy) is 1. The third-order valence-corrected chi connectivity index (χ3v) is 7.06. The Morgan fingerprint density at radius 1 is 1.17 bits per heavy atom. The molecule has 3 nitrogen and oxygen atoms in total. The molecule has 0 aromatic heterocycles. The van der Waals surface area contributed by atoms with Crippen LogP contribution in [0.3, 0.4) is 0 Å². The van der Waals surface area contributed by atoms with Gasteiger partial charge in [-0.3, -0.25) is 0 Å². The summed E-state index contributed by atoms with van der Waals surface area (Å²) in [5, 5.41) is 20.2. The summed E-state index contributed by atoms with van der Waals surface area (Å²) in [5.41, 5.74) is 3.03. The van der Waals surface area contributed by atoms with Crippen LogP contribution in [0.1, 0.15) is 62.5 Å². The number of fused-ring (bicyclic) bond motifs is 5. The van der Waals surface area contributed by atoms with Gasteiger partial charge in [0.1, 0.15) is 0 Å². The largest absolute Gasteiger partial charge is 0.504 e. The van der Waals surface area contributed by atoms with Gasteiger partial charge in [0.15, 0.2) is 11.5 Å².